The number of benzene rings is 2. The van der Waals surface area contributed by atoms with Gasteiger partial charge in [0, 0.05) is 12.1 Å². The molecule has 2 aromatic carbocycles. The Morgan fingerprint density at radius 2 is 2.00 bits per heavy atom. The van der Waals surface area contributed by atoms with Crippen LogP contribution in [-0.4, -0.2) is 44.1 Å². The first kappa shape index (κ1) is 20.2. The summed E-state index contributed by atoms with van der Waals surface area (Å²) in [4.78, 5) is 28.9. The first-order valence-corrected chi connectivity index (χ1v) is 9.06. The van der Waals surface area contributed by atoms with E-state index in [0.717, 1.165) is 11.3 Å². The molecular weight excluding hydrogens is 372 g/mol. The number of nitrogens with one attached hydrogen (secondary N) is 1. The summed E-state index contributed by atoms with van der Waals surface area (Å²) in [5, 5.41) is 17.9. The lowest BCUT2D eigenvalue weighted by Crippen LogP contribution is -2.32. The van der Waals surface area contributed by atoms with E-state index in [4.69, 9.17) is 0 Å². The van der Waals surface area contributed by atoms with E-state index >= 15 is 0 Å². The van der Waals surface area contributed by atoms with Crippen LogP contribution in [0.15, 0.2) is 55.1 Å². The highest BCUT2D eigenvalue weighted by molar-refractivity contribution is 5.93. The average molecular weight is 394 g/mol. The molecule has 29 heavy (non-hydrogen) atoms. The fraction of sp³-hybridized carbons (Fsp3) is 0.250. The van der Waals surface area contributed by atoms with E-state index in [2.05, 4.69) is 15.4 Å². The van der Waals surface area contributed by atoms with Crippen molar-refractivity contribution in [2.24, 2.45) is 0 Å². The second-order valence-corrected chi connectivity index (χ2v) is 6.78. The van der Waals surface area contributed by atoms with E-state index in [1.807, 2.05) is 43.1 Å². The lowest BCUT2D eigenvalue weighted by molar-refractivity contribution is -0.385. The lowest BCUT2D eigenvalue weighted by Gasteiger charge is -2.24. The Labute approximate surface area is 168 Å². The maximum Gasteiger partial charge on any atom is 0.274 e. The minimum Gasteiger partial charge on any atom is -0.324 e. The first-order chi connectivity index (χ1) is 13.9. The topological polar surface area (TPSA) is 106 Å². The molecule has 0 bridgehead atoms. The quantitative estimate of drug-likeness (QED) is 0.487. The zero-order valence-electron chi connectivity index (χ0n) is 16.4. The number of nitro groups is 1. The Morgan fingerprint density at radius 1 is 1.28 bits per heavy atom. The number of nitrogens with zero attached hydrogens (tertiary/aromatic N) is 5. The third-order valence-corrected chi connectivity index (χ3v) is 4.89. The Bertz CT molecular complexity index is 1000. The molecule has 0 aliphatic rings. The molecule has 1 heterocycles. The number of carbonyl (C=O) groups excluding carboxylic acids is 1. The summed E-state index contributed by atoms with van der Waals surface area (Å²) in [6, 6.07) is 12.5. The van der Waals surface area contributed by atoms with Gasteiger partial charge in [0.2, 0.25) is 5.91 Å². The van der Waals surface area contributed by atoms with Gasteiger partial charge in [-0.1, -0.05) is 18.2 Å². The predicted octanol–water partition coefficient (Wildman–Crippen LogP) is 3.12. The number of amides is 1. The second kappa shape index (κ2) is 8.61. The third kappa shape index (κ3) is 4.64. The molecule has 1 N–H and O–H groups in total. The van der Waals surface area contributed by atoms with Crippen molar-refractivity contribution in [2.45, 2.75) is 19.9 Å². The highest BCUT2D eigenvalue weighted by atomic mass is 16.6. The van der Waals surface area contributed by atoms with Crippen LogP contribution in [0.25, 0.3) is 5.69 Å². The van der Waals surface area contributed by atoms with E-state index in [1.165, 1.54) is 12.4 Å². The molecule has 9 nitrogen and oxygen atoms in total. The van der Waals surface area contributed by atoms with Crippen molar-refractivity contribution >= 4 is 17.3 Å². The van der Waals surface area contributed by atoms with Crippen LogP contribution in [0.1, 0.15) is 24.1 Å². The maximum atomic E-state index is 12.5. The average Bonchev–Trinajstić information content (AvgIpc) is 3.23. The molecule has 1 amide bonds. The van der Waals surface area contributed by atoms with Crippen LogP contribution in [0.5, 0.6) is 0 Å². The number of carbonyl (C=O) groups is 1. The summed E-state index contributed by atoms with van der Waals surface area (Å²) < 4.78 is 1.67. The number of nitro benzene ring substituents is 1. The van der Waals surface area contributed by atoms with Gasteiger partial charge in [-0.3, -0.25) is 19.8 Å². The standard InChI is InChI=1S/C20H22N6O3/c1-14-18(5-4-6-19(14)26(28)29)23-20(27)11-24(3)15(2)16-7-9-17(10-8-16)25-13-21-12-22-25/h4-10,12-13,15H,11H2,1-3H3,(H,23,27). The summed E-state index contributed by atoms with van der Waals surface area (Å²) in [7, 11) is 1.86. The van der Waals surface area contributed by atoms with Gasteiger partial charge in [0.1, 0.15) is 12.7 Å². The third-order valence-electron chi connectivity index (χ3n) is 4.89. The van der Waals surface area contributed by atoms with Gasteiger partial charge in [-0.05, 0) is 44.7 Å². The Balaban J connectivity index is 1.63. The highest BCUT2D eigenvalue weighted by Crippen LogP contribution is 2.25. The zero-order valence-corrected chi connectivity index (χ0v) is 16.4. The van der Waals surface area contributed by atoms with Crippen LogP contribution >= 0.6 is 0 Å². The van der Waals surface area contributed by atoms with Gasteiger partial charge in [0.15, 0.2) is 0 Å². The van der Waals surface area contributed by atoms with Gasteiger partial charge in [-0.25, -0.2) is 9.67 Å². The van der Waals surface area contributed by atoms with Crippen LogP contribution < -0.4 is 5.32 Å². The van der Waals surface area contributed by atoms with Gasteiger partial charge in [0.25, 0.3) is 5.69 Å². The SMILES string of the molecule is Cc1c(NC(=O)CN(C)C(C)c2ccc(-n3cncn3)cc2)cccc1[N+](=O)[O-]. The van der Waals surface area contributed by atoms with Crippen molar-refractivity contribution in [1.82, 2.24) is 19.7 Å². The van der Waals surface area contributed by atoms with Crippen molar-refractivity contribution in [3.63, 3.8) is 0 Å². The van der Waals surface area contributed by atoms with E-state index < -0.39 is 4.92 Å². The predicted molar refractivity (Wildman–Crippen MR) is 109 cm³/mol. The number of hydrogen-bond donors (Lipinski definition) is 1. The fourth-order valence-corrected chi connectivity index (χ4v) is 3.01. The minimum atomic E-state index is -0.456. The maximum absolute atomic E-state index is 12.5. The van der Waals surface area contributed by atoms with Crippen LogP contribution in [-0.2, 0) is 4.79 Å². The molecule has 1 atom stereocenters. The Morgan fingerprint density at radius 3 is 2.62 bits per heavy atom. The number of likely N-dealkylation sites (N-methyl/N-ethyl adjacent to an activating group) is 1. The summed E-state index contributed by atoms with van der Waals surface area (Å²) in [6.45, 7) is 3.78. The molecule has 0 spiro atoms. The van der Waals surface area contributed by atoms with Crippen molar-refractivity contribution in [3.05, 3.63) is 76.4 Å². The molecule has 9 heteroatoms. The Hall–Kier alpha value is -3.59. The molecule has 150 valence electrons. The number of anilines is 1. The summed E-state index contributed by atoms with van der Waals surface area (Å²) in [6.07, 6.45) is 3.11. The van der Waals surface area contributed by atoms with Crippen molar-refractivity contribution in [1.29, 1.82) is 0 Å². The summed E-state index contributed by atoms with van der Waals surface area (Å²) in [5.41, 5.74) is 2.82. The molecule has 0 fully saturated rings. The van der Waals surface area contributed by atoms with E-state index in [9.17, 15) is 14.9 Å². The fourth-order valence-electron chi connectivity index (χ4n) is 3.01. The molecule has 0 radical (unpaired) electrons. The molecule has 0 aliphatic carbocycles. The zero-order chi connectivity index (χ0) is 21.0. The van der Waals surface area contributed by atoms with Gasteiger partial charge in [-0.15, -0.1) is 0 Å². The summed E-state index contributed by atoms with van der Waals surface area (Å²) in [5.74, 6) is -0.234. The van der Waals surface area contributed by atoms with Gasteiger partial charge < -0.3 is 5.32 Å². The van der Waals surface area contributed by atoms with E-state index in [0.29, 0.717) is 11.3 Å². The van der Waals surface area contributed by atoms with Gasteiger partial charge >= 0.3 is 0 Å². The molecule has 1 unspecified atom stereocenters. The number of aromatic nitrogens is 3. The minimum absolute atomic E-state index is 0.00301. The highest BCUT2D eigenvalue weighted by Gasteiger charge is 2.18. The van der Waals surface area contributed by atoms with Crippen molar-refractivity contribution in [3.8, 4) is 5.69 Å². The molecule has 0 saturated carbocycles. The first-order valence-electron chi connectivity index (χ1n) is 9.06. The van der Waals surface area contributed by atoms with Crippen molar-refractivity contribution in [2.75, 3.05) is 18.9 Å². The van der Waals surface area contributed by atoms with Crippen molar-refractivity contribution < 1.29 is 9.72 Å². The van der Waals surface area contributed by atoms with Crippen LogP contribution in [0.2, 0.25) is 0 Å². The summed E-state index contributed by atoms with van der Waals surface area (Å²) >= 11 is 0. The second-order valence-electron chi connectivity index (χ2n) is 6.78. The molecule has 0 aliphatic heterocycles. The molecule has 3 rings (SSSR count). The molecule has 1 aromatic heterocycles. The number of rotatable bonds is 7. The normalized spacial score (nSPS) is 12.0. The largest absolute Gasteiger partial charge is 0.324 e. The van der Waals surface area contributed by atoms with E-state index in [1.54, 1.807) is 30.1 Å². The van der Waals surface area contributed by atoms with Gasteiger partial charge in [-0.2, -0.15) is 5.10 Å². The smallest absolute Gasteiger partial charge is 0.274 e. The Kier molecular flexibility index (Phi) is 5.99. The van der Waals surface area contributed by atoms with E-state index in [-0.39, 0.29) is 24.2 Å². The molecule has 0 saturated heterocycles. The van der Waals surface area contributed by atoms with Gasteiger partial charge in [0.05, 0.1) is 28.4 Å². The van der Waals surface area contributed by atoms with Crippen LogP contribution in [0.3, 0.4) is 0 Å². The number of hydrogen-bond acceptors (Lipinski definition) is 6. The van der Waals surface area contributed by atoms with Crippen LogP contribution in [0.4, 0.5) is 11.4 Å². The van der Waals surface area contributed by atoms with Crippen LogP contribution in [0, 0.1) is 17.0 Å². The molecule has 3 aromatic rings. The lowest BCUT2D eigenvalue weighted by atomic mass is 10.1. The molecular formula is C20H22N6O3. The monoisotopic (exact) mass is 394 g/mol.